The Morgan fingerprint density at radius 3 is 2.43 bits per heavy atom. The van der Waals surface area contributed by atoms with Crippen LogP contribution in [0.15, 0.2) is 41.3 Å². The van der Waals surface area contributed by atoms with Crippen LogP contribution in [0, 0.1) is 6.92 Å². The molecule has 2 aromatic rings. The molecule has 2 N–H and O–H groups in total. The Kier molecular flexibility index (Phi) is 3.22. The Labute approximate surface area is 126 Å². The van der Waals surface area contributed by atoms with Crippen molar-refractivity contribution in [3.05, 3.63) is 53.1 Å². The molecule has 0 aliphatic carbocycles. The second-order valence-electron chi connectivity index (χ2n) is 4.90. The predicted octanol–water partition coefficient (Wildman–Crippen LogP) is 3.10. The minimum atomic E-state index is -0.295. The van der Waals surface area contributed by atoms with Crippen LogP contribution in [0.1, 0.15) is 26.3 Å². The van der Waals surface area contributed by atoms with E-state index in [4.69, 9.17) is 5.73 Å². The topological polar surface area (TPSA) is 63.4 Å². The number of nitrogens with two attached hydrogens (primary N) is 1. The zero-order valence-corrected chi connectivity index (χ0v) is 12.5. The van der Waals surface area contributed by atoms with Crippen LogP contribution >= 0.6 is 11.8 Å². The molecule has 4 nitrogen and oxygen atoms in total. The second-order valence-corrected chi connectivity index (χ2v) is 5.78. The van der Waals surface area contributed by atoms with E-state index in [1.165, 1.54) is 16.7 Å². The molecule has 0 radical (unpaired) electrons. The highest BCUT2D eigenvalue weighted by atomic mass is 32.2. The number of hydrogen-bond acceptors (Lipinski definition) is 4. The monoisotopic (exact) mass is 298 g/mol. The fourth-order valence-electron chi connectivity index (χ4n) is 2.43. The summed E-state index contributed by atoms with van der Waals surface area (Å²) in [5.41, 5.74) is 8.59. The van der Waals surface area contributed by atoms with Crippen LogP contribution in [0.3, 0.4) is 0 Å². The zero-order chi connectivity index (χ0) is 15.1. The molecule has 3 rings (SSSR count). The number of nitrogen functional groups attached to an aromatic ring is 1. The summed E-state index contributed by atoms with van der Waals surface area (Å²) in [6.07, 6.45) is 1.93. The summed E-state index contributed by atoms with van der Waals surface area (Å²) in [7, 11) is 0. The van der Waals surface area contributed by atoms with Gasteiger partial charge in [-0.05, 0) is 49.1 Å². The summed E-state index contributed by atoms with van der Waals surface area (Å²) in [5.74, 6) is -0.587. The van der Waals surface area contributed by atoms with Crippen LogP contribution in [-0.2, 0) is 0 Å². The Bertz CT molecular complexity index is 771. The number of benzene rings is 2. The minimum Gasteiger partial charge on any atom is -0.399 e. The van der Waals surface area contributed by atoms with Crippen molar-refractivity contribution in [2.45, 2.75) is 11.8 Å². The zero-order valence-electron chi connectivity index (χ0n) is 11.7. The first kappa shape index (κ1) is 13.7. The standard InChI is InChI=1S/C16H14N2O2S/c1-9-3-4-10(17)7-14(9)18-15(19)12-6-5-11(21-2)8-13(12)16(18)20/h3-8H,17H2,1-2H3. The van der Waals surface area contributed by atoms with E-state index < -0.39 is 0 Å². The number of imide groups is 1. The molecule has 106 valence electrons. The predicted molar refractivity (Wildman–Crippen MR) is 85.0 cm³/mol. The molecule has 2 aromatic carbocycles. The van der Waals surface area contributed by atoms with Gasteiger partial charge in [-0.2, -0.15) is 0 Å². The van der Waals surface area contributed by atoms with Gasteiger partial charge < -0.3 is 5.73 Å². The number of fused-ring (bicyclic) bond motifs is 1. The van der Waals surface area contributed by atoms with Crippen LogP contribution in [0.25, 0.3) is 0 Å². The lowest BCUT2D eigenvalue weighted by Crippen LogP contribution is -2.30. The molecule has 0 saturated heterocycles. The SMILES string of the molecule is CSc1ccc2c(c1)C(=O)N(c1cc(N)ccc1C)C2=O. The summed E-state index contributed by atoms with van der Waals surface area (Å²) >= 11 is 1.54. The Hall–Kier alpha value is -2.27. The molecule has 5 heteroatoms. The smallest absolute Gasteiger partial charge is 0.266 e. The van der Waals surface area contributed by atoms with E-state index in [2.05, 4.69) is 0 Å². The van der Waals surface area contributed by atoms with Crippen LogP contribution in [0.2, 0.25) is 0 Å². The van der Waals surface area contributed by atoms with Crippen molar-refractivity contribution < 1.29 is 9.59 Å². The van der Waals surface area contributed by atoms with E-state index in [0.717, 1.165) is 10.5 Å². The molecule has 0 unspecified atom stereocenters. The summed E-state index contributed by atoms with van der Waals surface area (Å²) in [4.78, 5) is 27.3. The van der Waals surface area contributed by atoms with E-state index in [1.807, 2.05) is 25.3 Å². The molecular formula is C16H14N2O2S. The number of nitrogens with zero attached hydrogens (tertiary/aromatic N) is 1. The molecule has 0 fully saturated rings. The number of amides is 2. The molecule has 0 saturated carbocycles. The molecule has 0 bridgehead atoms. The number of anilines is 2. The van der Waals surface area contributed by atoms with Crippen molar-refractivity contribution >= 4 is 35.0 Å². The van der Waals surface area contributed by atoms with E-state index in [1.54, 1.807) is 24.3 Å². The van der Waals surface area contributed by atoms with Crippen molar-refractivity contribution in [3.63, 3.8) is 0 Å². The van der Waals surface area contributed by atoms with Gasteiger partial charge in [-0.3, -0.25) is 9.59 Å². The lowest BCUT2D eigenvalue weighted by Gasteiger charge is -2.17. The van der Waals surface area contributed by atoms with Gasteiger partial charge in [0, 0.05) is 10.6 Å². The van der Waals surface area contributed by atoms with Gasteiger partial charge in [0.1, 0.15) is 0 Å². The molecular weight excluding hydrogens is 284 g/mol. The van der Waals surface area contributed by atoms with E-state index in [9.17, 15) is 9.59 Å². The summed E-state index contributed by atoms with van der Waals surface area (Å²) < 4.78 is 0. The van der Waals surface area contributed by atoms with Crippen LogP contribution in [0.4, 0.5) is 11.4 Å². The average molecular weight is 298 g/mol. The van der Waals surface area contributed by atoms with Gasteiger partial charge in [0.25, 0.3) is 11.8 Å². The van der Waals surface area contributed by atoms with E-state index in [0.29, 0.717) is 22.5 Å². The fraction of sp³-hybridized carbons (Fsp3) is 0.125. The van der Waals surface area contributed by atoms with Crippen molar-refractivity contribution in [2.24, 2.45) is 0 Å². The summed E-state index contributed by atoms with van der Waals surface area (Å²) in [5, 5.41) is 0. The molecule has 21 heavy (non-hydrogen) atoms. The highest BCUT2D eigenvalue weighted by Crippen LogP contribution is 2.33. The van der Waals surface area contributed by atoms with Gasteiger partial charge in [-0.25, -0.2) is 4.90 Å². The van der Waals surface area contributed by atoms with Gasteiger partial charge in [0.2, 0.25) is 0 Å². The molecule has 0 spiro atoms. The number of thioether (sulfide) groups is 1. The number of aryl methyl sites for hydroxylation is 1. The first-order valence-electron chi connectivity index (χ1n) is 6.46. The first-order valence-corrected chi connectivity index (χ1v) is 7.68. The molecule has 2 amide bonds. The highest BCUT2D eigenvalue weighted by molar-refractivity contribution is 7.98. The first-order chi connectivity index (χ1) is 10.0. The number of rotatable bonds is 2. The Morgan fingerprint density at radius 1 is 1.00 bits per heavy atom. The van der Waals surface area contributed by atoms with Gasteiger partial charge in [-0.15, -0.1) is 11.8 Å². The van der Waals surface area contributed by atoms with Crippen molar-refractivity contribution in [1.82, 2.24) is 0 Å². The number of hydrogen-bond donors (Lipinski definition) is 1. The largest absolute Gasteiger partial charge is 0.399 e. The maximum atomic E-state index is 12.6. The van der Waals surface area contributed by atoms with Crippen LogP contribution in [0.5, 0.6) is 0 Å². The normalized spacial score (nSPS) is 13.7. The quantitative estimate of drug-likeness (QED) is 0.526. The van der Waals surface area contributed by atoms with E-state index >= 15 is 0 Å². The molecule has 1 heterocycles. The van der Waals surface area contributed by atoms with Crippen molar-refractivity contribution in [3.8, 4) is 0 Å². The van der Waals surface area contributed by atoms with Gasteiger partial charge in [0.05, 0.1) is 16.8 Å². The number of carbonyl (C=O) groups is 2. The van der Waals surface area contributed by atoms with Gasteiger partial charge >= 0.3 is 0 Å². The molecule has 1 aliphatic heterocycles. The van der Waals surface area contributed by atoms with Crippen LogP contribution in [-0.4, -0.2) is 18.1 Å². The average Bonchev–Trinajstić information content (AvgIpc) is 2.73. The third-order valence-electron chi connectivity index (χ3n) is 3.57. The Morgan fingerprint density at radius 2 is 1.71 bits per heavy atom. The van der Waals surface area contributed by atoms with E-state index in [-0.39, 0.29) is 11.8 Å². The van der Waals surface area contributed by atoms with Crippen molar-refractivity contribution in [1.29, 1.82) is 0 Å². The lowest BCUT2D eigenvalue weighted by atomic mass is 10.1. The maximum Gasteiger partial charge on any atom is 0.266 e. The van der Waals surface area contributed by atoms with Crippen molar-refractivity contribution in [2.75, 3.05) is 16.9 Å². The number of carbonyl (C=O) groups excluding carboxylic acids is 2. The fourth-order valence-corrected chi connectivity index (χ4v) is 2.87. The summed E-state index contributed by atoms with van der Waals surface area (Å²) in [6.45, 7) is 1.85. The molecule has 1 aliphatic rings. The Balaban J connectivity index is 2.13. The van der Waals surface area contributed by atoms with Gasteiger partial charge in [0.15, 0.2) is 0 Å². The second kappa shape index (κ2) is 4.93. The lowest BCUT2D eigenvalue weighted by molar-refractivity contribution is 0.0926. The molecule has 0 aromatic heterocycles. The minimum absolute atomic E-state index is 0.292. The molecule has 0 atom stereocenters. The van der Waals surface area contributed by atoms with Gasteiger partial charge in [-0.1, -0.05) is 6.07 Å². The third kappa shape index (κ3) is 2.10. The van der Waals surface area contributed by atoms with Crippen LogP contribution < -0.4 is 10.6 Å². The highest BCUT2D eigenvalue weighted by Gasteiger charge is 2.37. The third-order valence-corrected chi connectivity index (χ3v) is 4.29. The maximum absolute atomic E-state index is 12.6. The summed E-state index contributed by atoms with van der Waals surface area (Å²) in [6, 6.07) is 10.5.